The summed E-state index contributed by atoms with van der Waals surface area (Å²) in [6.07, 6.45) is 0.803. The second-order valence-electron chi connectivity index (χ2n) is 6.68. The Morgan fingerprint density at radius 2 is 1.96 bits per heavy atom. The van der Waals surface area contributed by atoms with E-state index in [1.165, 1.54) is 40.5 Å². The molecule has 1 heterocycles. The first kappa shape index (κ1) is 20.2. The van der Waals surface area contributed by atoms with Crippen LogP contribution < -0.4 is 9.80 Å². The highest BCUT2D eigenvalue weighted by molar-refractivity contribution is 7.22. The first-order valence-electron chi connectivity index (χ1n) is 8.76. The van der Waals surface area contributed by atoms with Gasteiger partial charge in [-0.1, -0.05) is 22.9 Å². The van der Waals surface area contributed by atoms with Gasteiger partial charge in [0.15, 0.2) is 5.13 Å². The number of amides is 1. The Hall–Kier alpha value is -2.55. The van der Waals surface area contributed by atoms with Gasteiger partial charge in [0.2, 0.25) is 0 Å². The van der Waals surface area contributed by atoms with Crippen LogP contribution in [-0.2, 0) is 0 Å². The lowest BCUT2D eigenvalue weighted by Crippen LogP contribution is -3.05. The summed E-state index contributed by atoms with van der Waals surface area (Å²) in [4.78, 5) is 31.0. The number of rotatable bonds is 7. The zero-order valence-electron chi connectivity index (χ0n) is 15.5. The van der Waals surface area contributed by atoms with Crippen molar-refractivity contribution in [3.8, 4) is 0 Å². The molecule has 1 aromatic heterocycles. The van der Waals surface area contributed by atoms with Gasteiger partial charge in [0.1, 0.15) is 0 Å². The van der Waals surface area contributed by atoms with Crippen molar-refractivity contribution >= 4 is 49.9 Å². The summed E-state index contributed by atoms with van der Waals surface area (Å²) < 4.78 is 0.905. The van der Waals surface area contributed by atoms with Gasteiger partial charge in [-0.25, -0.2) is 4.98 Å². The molecule has 0 spiro atoms. The summed E-state index contributed by atoms with van der Waals surface area (Å²) in [6.45, 7) is 1.41. The van der Waals surface area contributed by atoms with Crippen molar-refractivity contribution in [1.29, 1.82) is 0 Å². The fraction of sp³-hybridized carbons (Fsp3) is 0.263. The van der Waals surface area contributed by atoms with Crippen LogP contribution in [0.1, 0.15) is 16.8 Å². The molecule has 3 aromatic rings. The van der Waals surface area contributed by atoms with Crippen LogP contribution in [0, 0.1) is 10.1 Å². The number of carbonyl (C=O) groups is 1. The molecule has 0 saturated carbocycles. The maximum absolute atomic E-state index is 13.1. The van der Waals surface area contributed by atoms with E-state index >= 15 is 0 Å². The molecule has 0 radical (unpaired) electrons. The molecule has 0 atom stereocenters. The van der Waals surface area contributed by atoms with Crippen molar-refractivity contribution in [1.82, 2.24) is 4.98 Å². The Labute approximate surface area is 171 Å². The number of nitrogens with zero attached hydrogens (tertiary/aromatic N) is 3. The largest absolute Gasteiger partial charge is 0.340 e. The monoisotopic (exact) mass is 419 g/mol. The molecule has 1 amide bonds. The third kappa shape index (κ3) is 4.64. The zero-order valence-corrected chi connectivity index (χ0v) is 17.1. The molecule has 3 rings (SSSR count). The number of hydrogen-bond acceptors (Lipinski definition) is 5. The number of non-ortho nitro benzene ring substituents is 1. The van der Waals surface area contributed by atoms with Crippen molar-refractivity contribution < 1.29 is 14.6 Å². The Kier molecular flexibility index (Phi) is 6.23. The van der Waals surface area contributed by atoms with Crippen LogP contribution >= 0.6 is 22.9 Å². The average molecular weight is 420 g/mol. The molecule has 9 heteroatoms. The number of nitro groups is 1. The SMILES string of the molecule is C[NH+](C)CCCN(C(=O)c1ccc([N+](=O)[O-])cc1)c1nc2ccc(Cl)cc2s1. The van der Waals surface area contributed by atoms with Gasteiger partial charge in [-0.2, -0.15) is 0 Å². The summed E-state index contributed by atoms with van der Waals surface area (Å²) in [6, 6.07) is 11.1. The topological polar surface area (TPSA) is 80.8 Å². The van der Waals surface area contributed by atoms with E-state index in [-0.39, 0.29) is 11.6 Å². The second kappa shape index (κ2) is 8.64. The molecular weight excluding hydrogens is 400 g/mol. The van der Waals surface area contributed by atoms with Crippen molar-refractivity contribution in [3.05, 3.63) is 63.2 Å². The third-order valence-electron chi connectivity index (χ3n) is 4.20. The number of carbonyl (C=O) groups excluding carboxylic acids is 1. The number of halogens is 1. The van der Waals surface area contributed by atoms with Crippen LogP contribution in [0.4, 0.5) is 10.8 Å². The van der Waals surface area contributed by atoms with Gasteiger partial charge in [-0.3, -0.25) is 19.8 Å². The van der Waals surface area contributed by atoms with Crippen LogP contribution in [0.15, 0.2) is 42.5 Å². The lowest BCUT2D eigenvalue weighted by Gasteiger charge is -2.20. The molecule has 0 fully saturated rings. The van der Waals surface area contributed by atoms with Gasteiger partial charge in [-0.15, -0.1) is 0 Å². The zero-order chi connectivity index (χ0) is 20.3. The molecule has 0 saturated heterocycles. The van der Waals surface area contributed by atoms with Crippen LogP contribution in [0.2, 0.25) is 5.02 Å². The minimum atomic E-state index is -0.483. The number of thiazole rings is 1. The quantitative estimate of drug-likeness (QED) is 0.471. The van der Waals surface area contributed by atoms with E-state index < -0.39 is 4.92 Å². The molecule has 28 heavy (non-hydrogen) atoms. The molecule has 146 valence electrons. The van der Waals surface area contributed by atoms with Crippen LogP contribution in [0.5, 0.6) is 0 Å². The molecule has 0 aliphatic carbocycles. The highest BCUT2D eigenvalue weighted by atomic mass is 35.5. The number of nitrogens with one attached hydrogen (secondary N) is 1. The molecule has 0 aliphatic heterocycles. The molecule has 1 N–H and O–H groups in total. The number of benzene rings is 2. The maximum atomic E-state index is 13.1. The van der Waals surface area contributed by atoms with Gasteiger partial charge < -0.3 is 4.90 Å². The Balaban J connectivity index is 1.92. The van der Waals surface area contributed by atoms with Crippen molar-refractivity contribution in [2.45, 2.75) is 6.42 Å². The summed E-state index contributed by atoms with van der Waals surface area (Å²) in [5.74, 6) is -0.228. The Morgan fingerprint density at radius 1 is 1.25 bits per heavy atom. The van der Waals surface area contributed by atoms with E-state index in [0.29, 0.717) is 22.3 Å². The summed E-state index contributed by atoms with van der Waals surface area (Å²) >= 11 is 7.47. The highest BCUT2D eigenvalue weighted by Crippen LogP contribution is 2.31. The second-order valence-corrected chi connectivity index (χ2v) is 8.13. The number of aromatic nitrogens is 1. The van der Waals surface area contributed by atoms with Gasteiger partial charge >= 0.3 is 0 Å². The highest BCUT2D eigenvalue weighted by Gasteiger charge is 2.22. The van der Waals surface area contributed by atoms with Crippen LogP contribution in [-0.4, -0.2) is 43.0 Å². The fourth-order valence-corrected chi connectivity index (χ4v) is 4.02. The predicted molar refractivity (Wildman–Crippen MR) is 112 cm³/mol. The number of nitro benzene ring substituents is 1. The molecule has 0 unspecified atom stereocenters. The van der Waals surface area contributed by atoms with Gasteiger partial charge in [0.25, 0.3) is 11.6 Å². The number of anilines is 1. The number of quaternary nitrogens is 1. The van der Waals surface area contributed by atoms with E-state index in [9.17, 15) is 14.9 Å². The van der Waals surface area contributed by atoms with Gasteiger partial charge in [0.05, 0.1) is 35.8 Å². The summed E-state index contributed by atoms with van der Waals surface area (Å²) in [7, 11) is 4.12. The van der Waals surface area contributed by atoms with E-state index in [1.807, 2.05) is 12.1 Å². The lowest BCUT2D eigenvalue weighted by atomic mass is 10.2. The van der Waals surface area contributed by atoms with Crippen LogP contribution in [0.25, 0.3) is 10.2 Å². The average Bonchev–Trinajstić information content (AvgIpc) is 3.07. The van der Waals surface area contributed by atoms with E-state index in [4.69, 9.17) is 11.6 Å². The minimum Gasteiger partial charge on any atom is -0.340 e. The standard InChI is InChI=1S/C19H19ClN4O3S/c1-22(2)10-3-11-23(18(25)13-4-7-15(8-5-13)24(26)27)19-21-16-9-6-14(20)12-17(16)28-19/h4-9,12H,3,10-11H2,1-2H3/p+1. The predicted octanol–water partition coefficient (Wildman–Crippen LogP) is 3.04. The maximum Gasteiger partial charge on any atom is 0.269 e. The minimum absolute atomic E-state index is 0.0473. The normalized spacial score (nSPS) is 11.1. The Bertz CT molecular complexity index is 1000. The fourth-order valence-electron chi connectivity index (χ4n) is 2.76. The van der Waals surface area contributed by atoms with Crippen molar-refractivity contribution in [2.24, 2.45) is 0 Å². The smallest absolute Gasteiger partial charge is 0.269 e. The Morgan fingerprint density at radius 3 is 2.61 bits per heavy atom. The third-order valence-corrected chi connectivity index (χ3v) is 5.48. The molecular formula is C19H20ClN4O3S+. The molecule has 2 aromatic carbocycles. The first-order chi connectivity index (χ1) is 13.3. The molecule has 7 nitrogen and oxygen atoms in total. The van der Waals surface area contributed by atoms with E-state index in [2.05, 4.69) is 19.1 Å². The lowest BCUT2D eigenvalue weighted by molar-refractivity contribution is -0.858. The molecule has 0 aliphatic rings. The number of hydrogen-bond donors (Lipinski definition) is 1. The van der Waals surface area contributed by atoms with Gasteiger partial charge in [0, 0.05) is 35.7 Å². The molecule has 0 bridgehead atoms. The summed E-state index contributed by atoms with van der Waals surface area (Å²) in [5, 5.41) is 12.1. The van der Waals surface area contributed by atoms with E-state index in [1.54, 1.807) is 11.0 Å². The first-order valence-corrected chi connectivity index (χ1v) is 9.96. The van der Waals surface area contributed by atoms with Crippen molar-refractivity contribution in [3.63, 3.8) is 0 Å². The summed E-state index contributed by atoms with van der Waals surface area (Å²) in [5.41, 5.74) is 1.12. The van der Waals surface area contributed by atoms with Crippen molar-refractivity contribution in [2.75, 3.05) is 32.1 Å². The number of fused-ring (bicyclic) bond motifs is 1. The van der Waals surface area contributed by atoms with Gasteiger partial charge in [-0.05, 0) is 30.3 Å². The van der Waals surface area contributed by atoms with E-state index in [0.717, 1.165) is 23.2 Å². The van der Waals surface area contributed by atoms with Crippen LogP contribution in [0.3, 0.4) is 0 Å².